The Hall–Kier alpha value is -3.07. The standard InChI is InChI=1S/C21H28N8O/c1-20(2)9-14(10-21(3,4)28-20)24-19-22-11-17(25-26-19)15-7-6-13(8-18(15)30)16-12-23-29(5)27-16/h6-8,11-12,14,28,30H,9-10H2,1-5H3,(H,22,24,26). The fourth-order valence-electron chi connectivity index (χ4n) is 4.46. The first-order chi connectivity index (χ1) is 14.1. The molecule has 1 aromatic carbocycles. The number of anilines is 1. The van der Waals surface area contributed by atoms with E-state index in [1.165, 1.54) is 4.80 Å². The summed E-state index contributed by atoms with van der Waals surface area (Å²) in [5.41, 5.74) is 2.61. The minimum Gasteiger partial charge on any atom is -0.507 e. The molecule has 2 aromatic heterocycles. The maximum absolute atomic E-state index is 10.5. The molecule has 0 bridgehead atoms. The van der Waals surface area contributed by atoms with Crippen LogP contribution in [0.1, 0.15) is 40.5 Å². The Morgan fingerprint density at radius 1 is 1.07 bits per heavy atom. The molecule has 9 heteroatoms. The highest BCUT2D eigenvalue weighted by Crippen LogP contribution is 2.32. The zero-order valence-corrected chi connectivity index (χ0v) is 18.0. The van der Waals surface area contributed by atoms with Crippen LogP contribution in [0.3, 0.4) is 0 Å². The summed E-state index contributed by atoms with van der Waals surface area (Å²) >= 11 is 0. The number of aromatic nitrogens is 6. The van der Waals surface area contributed by atoms with Gasteiger partial charge in [-0.05, 0) is 52.7 Å². The van der Waals surface area contributed by atoms with Crippen molar-refractivity contribution in [1.82, 2.24) is 35.5 Å². The Kier molecular flexibility index (Phi) is 4.93. The lowest BCUT2D eigenvalue weighted by atomic mass is 9.80. The lowest BCUT2D eigenvalue weighted by Crippen LogP contribution is -2.60. The average molecular weight is 409 g/mol. The molecule has 9 nitrogen and oxygen atoms in total. The highest BCUT2D eigenvalue weighted by Gasteiger charge is 2.37. The predicted octanol–water partition coefficient (Wildman–Crippen LogP) is 2.76. The summed E-state index contributed by atoms with van der Waals surface area (Å²) in [5.74, 6) is 0.588. The van der Waals surface area contributed by atoms with Crippen molar-refractivity contribution >= 4 is 5.95 Å². The van der Waals surface area contributed by atoms with Gasteiger partial charge in [0.05, 0.1) is 12.4 Å². The summed E-state index contributed by atoms with van der Waals surface area (Å²) in [5, 5.41) is 34.4. The number of aryl methyl sites for hydroxylation is 1. The van der Waals surface area contributed by atoms with Crippen LogP contribution < -0.4 is 10.6 Å². The van der Waals surface area contributed by atoms with E-state index in [4.69, 9.17) is 0 Å². The number of piperidine rings is 1. The lowest BCUT2D eigenvalue weighted by Gasteiger charge is -2.46. The van der Waals surface area contributed by atoms with Crippen LogP contribution in [0.4, 0.5) is 5.95 Å². The lowest BCUT2D eigenvalue weighted by molar-refractivity contribution is 0.170. The van der Waals surface area contributed by atoms with Crippen molar-refractivity contribution in [2.45, 2.75) is 57.7 Å². The van der Waals surface area contributed by atoms with E-state index >= 15 is 0 Å². The molecule has 1 aliphatic heterocycles. The normalized spacial score (nSPS) is 18.3. The second-order valence-corrected chi connectivity index (χ2v) is 9.26. The highest BCUT2D eigenvalue weighted by atomic mass is 16.3. The quantitative estimate of drug-likeness (QED) is 0.604. The number of phenols is 1. The van der Waals surface area contributed by atoms with Crippen molar-refractivity contribution in [2.75, 3.05) is 5.32 Å². The third-order valence-electron chi connectivity index (χ3n) is 5.25. The van der Waals surface area contributed by atoms with Crippen molar-refractivity contribution in [3.63, 3.8) is 0 Å². The average Bonchev–Trinajstić information content (AvgIpc) is 3.06. The Morgan fingerprint density at radius 2 is 1.80 bits per heavy atom. The Balaban J connectivity index is 1.50. The first kappa shape index (κ1) is 20.2. The number of rotatable bonds is 4. The molecule has 0 radical (unpaired) electrons. The molecule has 0 saturated carbocycles. The first-order valence-corrected chi connectivity index (χ1v) is 10.1. The van der Waals surface area contributed by atoms with E-state index in [1.807, 2.05) is 6.07 Å². The third-order valence-corrected chi connectivity index (χ3v) is 5.25. The molecule has 30 heavy (non-hydrogen) atoms. The van der Waals surface area contributed by atoms with Gasteiger partial charge in [0.25, 0.3) is 0 Å². The van der Waals surface area contributed by atoms with Crippen LogP contribution in [-0.4, -0.2) is 52.4 Å². The van der Waals surface area contributed by atoms with E-state index in [9.17, 15) is 5.11 Å². The van der Waals surface area contributed by atoms with Crippen LogP contribution in [0.25, 0.3) is 22.5 Å². The van der Waals surface area contributed by atoms with Crippen LogP contribution in [0.15, 0.2) is 30.6 Å². The molecule has 158 valence electrons. The molecule has 0 amide bonds. The molecular weight excluding hydrogens is 380 g/mol. The topological polar surface area (TPSA) is 114 Å². The summed E-state index contributed by atoms with van der Waals surface area (Å²) in [6, 6.07) is 5.55. The van der Waals surface area contributed by atoms with Gasteiger partial charge < -0.3 is 15.7 Å². The van der Waals surface area contributed by atoms with Crippen LogP contribution in [0.5, 0.6) is 5.75 Å². The minimum atomic E-state index is 0.0312. The Labute approximate surface area is 176 Å². The first-order valence-electron chi connectivity index (χ1n) is 10.1. The van der Waals surface area contributed by atoms with E-state index in [-0.39, 0.29) is 22.9 Å². The molecule has 3 N–H and O–H groups in total. The maximum Gasteiger partial charge on any atom is 0.242 e. The molecule has 0 unspecified atom stereocenters. The van der Waals surface area contributed by atoms with Gasteiger partial charge in [0, 0.05) is 35.3 Å². The van der Waals surface area contributed by atoms with Crippen LogP contribution in [0, 0.1) is 0 Å². The monoisotopic (exact) mass is 408 g/mol. The van der Waals surface area contributed by atoms with Gasteiger partial charge >= 0.3 is 0 Å². The molecule has 3 aromatic rings. The molecule has 3 heterocycles. The number of phenolic OH excluding ortho intramolecular Hbond substituents is 1. The van der Waals surface area contributed by atoms with Gasteiger partial charge in [-0.25, -0.2) is 4.98 Å². The van der Waals surface area contributed by atoms with Gasteiger partial charge in [-0.3, -0.25) is 0 Å². The third kappa shape index (κ3) is 4.40. The number of nitrogens with zero attached hydrogens (tertiary/aromatic N) is 6. The number of hydrogen-bond donors (Lipinski definition) is 3. The number of hydrogen-bond acceptors (Lipinski definition) is 8. The maximum atomic E-state index is 10.5. The van der Waals surface area contributed by atoms with Crippen LogP contribution in [-0.2, 0) is 7.05 Å². The van der Waals surface area contributed by atoms with E-state index in [0.29, 0.717) is 22.9 Å². The van der Waals surface area contributed by atoms with Gasteiger partial charge in [0.15, 0.2) is 0 Å². The fraction of sp³-hybridized carbons (Fsp3) is 0.476. The van der Waals surface area contributed by atoms with E-state index in [0.717, 1.165) is 18.4 Å². The molecule has 1 saturated heterocycles. The minimum absolute atomic E-state index is 0.0312. The van der Waals surface area contributed by atoms with E-state index in [1.54, 1.807) is 31.6 Å². The molecule has 4 rings (SSSR count). The smallest absolute Gasteiger partial charge is 0.242 e. The van der Waals surface area contributed by atoms with Crippen molar-refractivity contribution in [2.24, 2.45) is 7.05 Å². The number of nitrogens with one attached hydrogen (secondary N) is 2. The van der Waals surface area contributed by atoms with Crippen LogP contribution >= 0.6 is 0 Å². The molecule has 1 aliphatic rings. The van der Waals surface area contributed by atoms with Crippen molar-refractivity contribution in [3.8, 4) is 28.3 Å². The fourth-order valence-corrected chi connectivity index (χ4v) is 4.46. The van der Waals surface area contributed by atoms with Gasteiger partial charge in [-0.1, -0.05) is 6.07 Å². The summed E-state index contributed by atoms with van der Waals surface area (Å²) in [6.07, 6.45) is 5.21. The number of benzene rings is 1. The second kappa shape index (κ2) is 7.32. The van der Waals surface area contributed by atoms with Gasteiger partial charge in [-0.15, -0.1) is 10.2 Å². The molecule has 0 aliphatic carbocycles. The summed E-state index contributed by atoms with van der Waals surface area (Å²) in [4.78, 5) is 5.91. The summed E-state index contributed by atoms with van der Waals surface area (Å²) in [7, 11) is 1.75. The largest absolute Gasteiger partial charge is 0.507 e. The molecular formula is C21H28N8O. The summed E-state index contributed by atoms with van der Waals surface area (Å²) < 4.78 is 0. The second-order valence-electron chi connectivity index (χ2n) is 9.26. The molecule has 0 spiro atoms. The zero-order chi connectivity index (χ0) is 21.5. The zero-order valence-electron chi connectivity index (χ0n) is 18.0. The van der Waals surface area contributed by atoms with Crippen LogP contribution in [0.2, 0.25) is 0 Å². The predicted molar refractivity (Wildman–Crippen MR) is 115 cm³/mol. The number of aromatic hydroxyl groups is 1. The molecule has 0 atom stereocenters. The van der Waals surface area contributed by atoms with Crippen molar-refractivity contribution in [1.29, 1.82) is 0 Å². The van der Waals surface area contributed by atoms with Crippen molar-refractivity contribution in [3.05, 3.63) is 30.6 Å². The van der Waals surface area contributed by atoms with Gasteiger partial charge in [0.2, 0.25) is 5.95 Å². The summed E-state index contributed by atoms with van der Waals surface area (Å²) in [6.45, 7) is 8.83. The van der Waals surface area contributed by atoms with Crippen molar-refractivity contribution < 1.29 is 5.11 Å². The van der Waals surface area contributed by atoms with E-state index in [2.05, 4.69) is 63.7 Å². The Bertz CT molecular complexity index is 1030. The van der Waals surface area contributed by atoms with Gasteiger partial charge in [0.1, 0.15) is 17.1 Å². The highest BCUT2D eigenvalue weighted by molar-refractivity contribution is 5.72. The van der Waals surface area contributed by atoms with E-state index < -0.39 is 0 Å². The van der Waals surface area contributed by atoms with Gasteiger partial charge in [-0.2, -0.15) is 15.0 Å². The Morgan fingerprint density at radius 3 is 2.37 bits per heavy atom. The molecule has 1 fully saturated rings. The SMILES string of the molecule is Cn1ncc(-c2ccc(-c3cnc(NC4CC(C)(C)NC(C)(C)C4)nn3)c(O)c2)n1.